The first-order chi connectivity index (χ1) is 10.4. The summed E-state index contributed by atoms with van der Waals surface area (Å²) in [5, 5.41) is 2.94. The number of amides is 1. The first-order valence-electron chi connectivity index (χ1n) is 6.91. The van der Waals surface area contributed by atoms with Crippen molar-refractivity contribution < 1.29 is 9.18 Å². The van der Waals surface area contributed by atoms with Crippen molar-refractivity contribution in [2.75, 3.05) is 19.0 Å². The van der Waals surface area contributed by atoms with Crippen molar-refractivity contribution in [2.45, 2.75) is 13.0 Å². The third kappa shape index (κ3) is 3.77. The molecule has 22 heavy (non-hydrogen) atoms. The summed E-state index contributed by atoms with van der Waals surface area (Å²) in [6.07, 6.45) is 0. The number of hydrogen-bond acceptors (Lipinski definition) is 2. The van der Waals surface area contributed by atoms with E-state index in [4.69, 9.17) is 11.6 Å². The standard InChI is InChI=1S/C17H18ClFN2O/c1-11(12-7-8-16(19)15(18)10-12)20-17(22)13-5-4-6-14(9-13)21(2)3/h4-11H,1-3H3,(H,20,22)/t11-/m0/s1. The second kappa shape index (κ2) is 6.79. The number of halogens is 2. The molecule has 0 saturated heterocycles. The quantitative estimate of drug-likeness (QED) is 0.922. The summed E-state index contributed by atoms with van der Waals surface area (Å²) < 4.78 is 13.2. The Morgan fingerprint density at radius 2 is 1.95 bits per heavy atom. The number of rotatable bonds is 4. The van der Waals surface area contributed by atoms with Crippen molar-refractivity contribution >= 4 is 23.2 Å². The molecule has 0 heterocycles. The van der Waals surface area contributed by atoms with E-state index < -0.39 is 5.82 Å². The van der Waals surface area contributed by atoms with Crippen LogP contribution >= 0.6 is 11.6 Å². The highest BCUT2D eigenvalue weighted by Crippen LogP contribution is 2.21. The van der Waals surface area contributed by atoms with Gasteiger partial charge in [0.05, 0.1) is 11.1 Å². The number of nitrogens with one attached hydrogen (secondary N) is 1. The van der Waals surface area contributed by atoms with Gasteiger partial charge in [-0.05, 0) is 42.8 Å². The van der Waals surface area contributed by atoms with Gasteiger partial charge in [0.1, 0.15) is 5.82 Å². The first kappa shape index (κ1) is 16.3. The van der Waals surface area contributed by atoms with Crippen molar-refractivity contribution in [1.82, 2.24) is 5.32 Å². The molecule has 0 aliphatic heterocycles. The van der Waals surface area contributed by atoms with Crippen LogP contribution in [0, 0.1) is 5.82 Å². The Morgan fingerprint density at radius 3 is 2.59 bits per heavy atom. The smallest absolute Gasteiger partial charge is 0.251 e. The second-order valence-corrected chi connectivity index (χ2v) is 5.72. The Balaban J connectivity index is 2.14. The van der Waals surface area contributed by atoms with Crippen molar-refractivity contribution in [3.8, 4) is 0 Å². The summed E-state index contributed by atoms with van der Waals surface area (Å²) >= 11 is 5.77. The molecule has 2 rings (SSSR count). The normalized spacial score (nSPS) is 11.9. The van der Waals surface area contributed by atoms with Crippen LogP contribution in [-0.2, 0) is 0 Å². The molecule has 0 aliphatic rings. The molecular formula is C17H18ClFN2O. The lowest BCUT2D eigenvalue weighted by molar-refractivity contribution is 0.0940. The largest absolute Gasteiger partial charge is 0.378 e. The maximum absolute atomic E-state index is 13.2. The molecule has 2 aromatic carbocycles. The summed E-state index contributed by atoms with van der Waals surface area (Å²) in [6, 6.07) is 11.5. The van der Waals surface area contributed by atoms with E-state index in [2.05, 4.69) is 5.32 Å². The molecule has 0 spiro atoms. The summed E-state index contributed by atoms with van der Waals surface area (Å²) in [7, 11) is 3.83. The van der Waals surface area contributed by atoms with Gasteiger partial charge in [0, 0.05) is 25.3 Å². The van der Waals surface area contributed by atoms with Crippen molar-refractivity contribution in [3.05, 3.63) is 64.4 Å². The Bertz CT molecular complexity index is 688. The molecule has 3 nitrogen and oxygen atoms in total. The monoisotopic (exact) mass is 320 g/mol. The van der Waals surface area contributed by atoms with Gasteiger partial charge in [0.2, 0.25) is 0 Å². The minimum Gasteiger partial charge on any atom is -0.378 e. The van der Waals surface area contributed by atoms with Crippen LogP contribution in [0.5, 0.6) is 0 Å². The minimum atomic E-state index is -0.470. The molecule has 1 N–H and O–H groups in total. The highest BCUT2D eigenvalue weighted by Gasteiger charge is 2.13. The van der Waals surface area contributed by atoms with Gasteiger partial charge in [-0.15, -0.1) is 0 Å². The number of benzene rings is 2. The molecule has 1 amide bonds. The van der Waals surface area contributed by atoms with Gasteiger partial charge in [-0.2, -0.15) is 0 Å². The fourth-order valence-corrected chi connectivity index (χ4v) is 2.26. The van der Waals surface area contributed by atoms with E-state index in [9.17, 15) is 9.18 Å². The Hall–Kier alpha value is -2.07. The first-order valence-corrected chi connectivity index (χ1v) is 7.29. The zero-order chi connectivity index (χ0) is 16.3. The van der Waals surface area contributed by atoms with E-state index in [1.54, 1.807) is 12.1 Å². The fourth-order valence-electron chi connectivity index (χ4n) is 2.07. The number of nitrogens with zero attached hydrogens (tertiary/aromatic N) is 1. The Labute approximate surface area is 134 Å². The van der Waals surface area contributed by atoms with Gasteiger partial charge in [0.25, 0.3) is 5.91 Å². The maximum Gasteiger partial charge on any atom is 0.251 e. The minimum absolute atomic E-state index is 0.0493. The van der Waals surface area contributed by atoms with Crippen LogP contribution in [0.2, 0.25) is 5.02 Å². The van der Waals surface area contributed by atoms with Gasteiger partial charge < -0.3 is 10.2 Å². The predicted octanol–water partition coefficient (Wildman–Crippen LogP) is 4.04. The third-order valence-electron chi connectivity index (χ3n) is 3.42. The van der Waals surface area contributed by atoms with Gasteiger partial charge in [-0.3, -0.25) is 4.79 Å². The van der Waals surface area contributed by atoms with Crippen LogP contribution in [0.15, 0.2) is 42.5 Å². The molecule has 1 atom stereocenters. The molecule has 0 unspecified atom stereocenters. The van der Waals surface area contributed by atoms with E-state index in [1.165, 1.54) is 12.1 Å². The van der Waals surface area contributed by atoms with E-state index in [1.807, 2.05) is 44.1 Å². The third-order valence-corrected chi connectivity index (χ3v) is 3.71. The number of hydrogen-bond donors (Lipinski definition) is 1. The second-order valence-electron chi connectivity index (χ2n) is 5.31. The van der Waals surface area contributed by atoms with E-state index in [0.29, 0.717) is 5.56 Å². The molecule has 0 aliphatic carbocycles. The van der Waals surface area contributed by atoms with Crippen LogP contribution in [0.1, 0.15) is 28.9 Å². The van der Waals surface area contributed by atoms with Gasteiger partial charge >= 0.3 is 0 Å². The van der Waals surface area contributed by atoms with Gasteiger partial charge in [-0.1, -0.05) is 23.7 Å². The fraction of sp³-hybridized carbons (Fsp3) is 0.235. The topological polar surface area (TPSA) is 32.3 Å². The van der Waals surface area contributed by atoms with Crippen LogP contribution in [-0.4, -0.2) is 20.0 Å². The molecule has 5 heteroatoms. The van der Waals surface area contributed by atoms with E-state index >= 15 is 0 Å². The Kier molecular flexibility index (Phi) is 5.03. The van der Waals surface area contributed by atoms with Gasteiger partial charge in [0.15, 0.2) is 0 Å². The Morgan fingerprint density at radius 1 is 1.23 bits per heavy atom. The molecule has 0 bridgehead atoms. The van der Waals surface area contributed by atoms with E-state index in [-0.39, 0.29) is 17.0 Å². The van der Waals surface area contributed by atoms with Crippen molar-refractivity contribution in [3.63, 3.8) is 0 Å². The van der Waals surface area contributed by atoms with Crippen LogP contribution in [0.25, 0.3) is 0 Å². The molecule has 0 radical (unpaired) electrons. The van der Waals surface area contributed by atoms with Crippen molar-refractivity contribution in [2.24, 2.45) is 0 Å². The summed E-state index contributed by atoms with van der Waals surface area (Å²) in [6.45, 7) is 1.83. The lowest BCUT2D eigenvalue weighted by atomic mass is 10.1. The molecule has 0 fully saturated rings. The lowest BCUT2D eigenvalue weighted by Gasteiger charge is -2.17. The molecule has 2 aromatic rings. The highest BCUT2D eigenvalue weighted by atomic mass is 35.5. The lowest BCUT2D eigenvalue weighted by Crippen LogP contribution is -2.26. The van der Waals surface area contributed by atoms with E-state index in [0.717, 1.165) is 11.3 Å². The summed E-state index contributed by atoms with van der Waals surface area (Å²) in [4.78, 5) is 14.2. The highest BCUT2D eigenvalue weighted by molar-refractivity contribution is 6.30. The molecule has 0 aromatic heterocycles. The predicted molar refractivity (Wildman–Crippen MR) is 88.1 cm³/mol. The average molecular weight is 321 g/mol. The van der Waals surface area contributed by atoms with Gasteiger partial charge in [-0.25, -0.2) is 4.39 Å². The number of anilines is 1. The van der Waals surface area contributed by atoms with Crippen LogP contribution < -0.4 is 10.2 Å². The summed E-state index contributed by atoms with van der Waals surface area (Å²) in [5.74, 6) is -0.653. The van der Waals surface area contributed by atoms with Crippen molar-refractivity contribution in [1.29, 1.82) is 0 Å². The number of carbonyl (C=O) groups is 1. The maximum atomic E-state index is 13.2. The molecule has 0 saturated carbocycles. The zero-order valence-electron chi connectivity index (χ0n) is 12.7. The van der Waals surface area contributed by atoms with Crippen LogP contribution in [0.4, 0.5) is 10.1 Å². The molecular weight excluding hydrogens is 303 g/mol. The number of carbonyl (C=O) groups excluding carboxylic acids is 1. The SMILES string of the molecule is C[C@H](NC(=O)c1cccc(N(C)C)c1)c1ccc(F)c(Cl)c1. The molecule has 116 valence electrons. The van der Waals surface area contributed by atoms with Crippen LogP contribution in [0.3, 0.4) is 0 Å². The average Bonchev–Trinajstić information content (AvgIpc) is 2.50. The summed E-state index contributed by atoms with van der Waals surface area (Å²) in [5.41, 5.74) is 2.28. The zero-order valence-corrected chi connectivity index (χ0v) is 13.5.